The second-order valence-electron chi connectivity index (χ2n) is 8.05. The highest BCUT2D eigenvalue weighted by Gasteiger charge is 2.45. The molecule has 0 aliphatic carbocycles. The Kier molecular flexibility index (Phi) is 6.00. The first-order valence-corrected chi connectivity index (χ1v) is 10.6. The van der Waals surface area contributed by atoms with Gasteiger partial charge >= 0.3 is 0 Å². The van der Waals surface area contributed by atoms with Crippen LogP contribution in [0.2, 0.25) is 0 Å². The van der Waals surface area contributed by atoms with Gasteiger partial charge in [0, 0.05) is 19.7 Å². The molecule has 5 nitrogen and oxygen atoms in total. The Labute approximate surface area is 177 Å². The molecule has 156 valence electrons. The van der Waals surface area contributed by atoms with Gasteiger partial charge in [-0.15, -0.1) is 0 Å². The van der Waals surface area contributed by atoms with E-state index < -0.39 is 5.41 Å². The summed E-state index contributed by atoms with van der Waals surface area (Å²) in [6.45, 7) is 5.29. The van der Waals surface area contributed by atoms with E-state index in [1.54, 1.807) is 4.90 Å². The predicted molar refractivity (Wildman–Crippen MR) is 116 cm³/mol. The summed E-state index contributed by atoms with van der Waals surface area (Å²) < 4.78 is 5.96. The molecule has 0 radical (unpaired) electrons. The Morgan fingerprint density at radius 3 is 2.30 bits per heavy atom. The fourth-order valence-electron chi connectivity index (χ4n) is 4.66. The van der Waals surface area contributed by atoms with Gasteiger partial charge in [0.2, 0.25) is 11.8 Å². The molecule has 30 heavy (non-hydrogen) atoms. The van der Waals surface area contributed by atoms with Crippen molar-refractivity contribution in [2.45, 2.75) is 36.8 Å². The Bertz CT molecular complexity index is 889. The zero-order valence-electron chi connectivity index (χ0n) is 17.1. The van der Waals surface area contributed by atoms with Crippen molar-refractivity contribution in [3.05, 3.63) is 84.4 Å². The van der Waals surface area contributed by atoms with E-state index in [1.165, 1.54) is 6.08 Å². The number of ether oxygens (including phenoxy) is 1. The molecule has 2 aromatic rings. The number of hydrogen-bond acceptors (Lipinski definition) is 3. The van der Waals surface area contributed by atoms with Crippen LogP contribution in [-0.4, -0.2) is 42.5 Å². The zero-order valence-corrected chi connectivity index (χ0v) is 17.1. The monoisotopic (exact) mass is 404 g/mol. The summed E-state index contributed by atoms with van der Waals surface area (Å²) in [6, 6.07) is 19.9. The topological polar surface area (TPSA) is 58.6 Å². The number of piperidine rings is 1. The van der Waals surface area contributed by atoms with E-state index >= 15 is 0 Å². The number of carbonyl (C=O) groups excluding carboxylic acids is 2. The van der Waals surface area contributed by atoms with Gasteiger partial charge in [0.15, 0.2) is 0 Å². The Balaban J connectivity index is 1.56. The quantitative estimate of drug-likeness (QED) is 0.778. The lowest BCUT2D eigenvalue weighted by Gasteiger charge is -2.41. The molecule has 0 aromatic heterocycles. The van der Waals surface area contributed by atoms with Gasteiger partial charge in [0.05, 0.1) is 11.5 Å². The SMILES string of the molecule is C=CC(=O)N1CCC(C(=O)N[C@@H]2CCO[C@H]2c2ccccc2)(c2ccccc2)CC1. The van der Waals surface area contributed by atoms with Crippen molar-refractivity contribution < 1.29 is 14.3 Å². The molecule has 2 heterocycles. The highest BCUT2D eigenvalue weighted by molar-refractivity contribution is 5.90. The third-order valence-electron chi connectivity index (χ3n) is 6.40. The van der Waals surface area contributed by atoms with Crippen LogP contribution in [0, 0.1) is 0 Å². The van der Waals surface area contributed by atoms with E-state index in [9.17, 15) is 9.59 Å². The minimum absolute atomic E-state index is 0.0239. The molecule has 5 heteroatoms. The average Bonchev–Trinajstić information content (AvgIpc) is 3.28. The molecule has 0 unspecified atom stereocenters. The fraction of sp³-hybridized carbons (Fsp3) is 0.360. The van der Waals surface area contributed by atoms with Crippen molar-refractivity contribution in [1.82, 2.24) is 10.2 Å². The summed E-state index contributed by atoms with van der Waals surface area (Å²) in [5.41, 5.74) is 1.44. The van der Waals surface area contributed by atoms with Crippen molar-refractivity contribution in [1.29, 1.82) is 0 Å². The molecule has 1 N–H and O–H groups in total. The Morgan fingerprint density at radius 1 is 1.03 bits per heavy atom. The lowest BCUT2D eigenvalue weighted by molar-refractivity contribution is -0.134. The van der Waals surface area contributed by atoms with Crippen LogP contribution in [0.1, 0.15) is 36.5 Å². The largest absolute Gasteiger partial charge is 0.371 e. The highest BCUT2D eigenvalue weighted by atomic mass is 16.5. The van der Waals surface area contributed by atoms with Crippen LogP contribution in [0.15, 0.2) is 73.3 Å². The number of rotatable bonds is 5. The molecule has 0 saturated carbocycles. The second-order valence-corrected chi connectivity index (χ2v) is 8.05. The molecule has 2 aliphatic rings. The van der Waals surface area contributed by atoms with Crippen molar-refractivity contribution in [3.8, 4) is 0 Å². The zero-order chi connectivity index (χ0) is 21.0. The van der Waals surface area contributed by atoms with E-state index in [2.05, 4.69) is 11.9 Å². The summed E-state index contributed by atoms with van der Waals surface area (Å²) >= 11 is 0. The van der Waals surface area contributed by atoms with Crippen molar-refractivity contribution in [2.24, 2.45) is 0 Å². The average molecular weight is 405 g/mol. The van der Waals surface area contributed by atoms with Gasteiger partial charge in [-0.05, 0) is 36.5 Å². The molecule has 2 aliphatic heterocycles. The smallest absolute Gasteiger partial charge is 0.245 e. The molecule has 2 saturated heterocycles. The number of hydrogen-bond donors (Lipinski definition) is 1. The van der Waals surface area contributed by atoms with Gasteiger partial charge in [-0.2, -0.15) is 0 Å². The number of amides is 2. The first kappa shape index (κ1) is 20.4. The maximum absolute atomic E-state index is 13.7. The van der Waals surface area contributed by atoms with Gasteiger partial charge in [-0.3, -0.25) is 9.59 Å². The van der Waals surface area contributed by atoms with Crippen LogP contribution in [0.25, 0.3) is 0 Å². The Morgan fingerprint density at radius 2 is 1.67 bits per heavy atom. The number of benzene rings is 2. The molecule has 0 bridgehead atoms. The third-order valence-corrected chi connectivity index (χ3v) is 6.40. The normalized spacial score (nSPS) is 23.0. The molecular weight excluding hydrogens is 376 g/mol. The molecule has 0 spiro atoms. The van der Waals surface area contributed by atoms with E-state index in [0.29, 0.717) is 32.5 Å². The van der Waals surface area contributed by atoms with Crippen LogP contribution >= 0.6 is 0 Å². The molecule has 2 fully saturated rings. The van der Waals surface area contributed by atoms with E-state index in [1.807, 2.05) is 60.7 Å². The van der Waals surface area contributed by atoms with Crippen molar-refractivity contribution >= 4 is 11.8 Å². The van der Waals surface area contributed by atoms with Gasteiger partial charge in [-0.25, -0.2) is 0 Å². The number of nitrogens with one attached hydrogen (secondary N) is 1. The lowest BCUT2D eigenvalue weighted by atomic mass is 9.71. The van der Waals surface area contributed by atoms with Crippen molar-refractivity contribution in [3.63, 3.8) is 0 Å². The summed E-state index contributed by atoms with van der Waals surface area (Å²) in [5, 5.41) is 3.31. The third kappa shape index (κ3) is 3.90. The second kappa shape index (κ2) is 8.84. The first-order chi connectivity index (χ1) is 14.6. The van der Waals surface area contributed by atoms with Crippen LogP contribution in [0.5, 0.6) is 0 Å². The van der Waals surface area contributed by atoms with Gasteiger partial charge < -0.3 is 15.0 Å². The maximum Gasteiger partial charge on any atom is 0.245 e. The number of carbonyl (C=O) groups is 2. The Hall–Kier alpha value is -2.92. The summed E-state index contributed by atoms with van der Waals surface area (Å²) in [6.07, 6.45) is 3.18. The van der Waals surface area contributed by atoms with Crippen LogP contribution < -0.4 is 5.32 Å². The van der Waals surface area contributed by atoms with Crippen LogP contribution in [-0.2, 0) is 19.7 Å². The van der Waals surface area contributed by atoms with Gasteiger partial charge in [0.1, 0.15) is 6.10 Å². The standard InChI is InChI=1S/C25H28N2O3/c1-2-22(28)27-16-14-25(15-17-27,20-11-7-4-8-12-20)24(29)26-21-13-18-30-23(21)19-9-5-3-6-10-19/h2-12,21,23H,1,13-18H2,(H,26,29)/t21-,23+/m1/s1. The number of nitrogens with zero attached hydrogens (tertiary/aromatic N) is 1. The molecule has 4 rings (SSSR count). The maximum atomic E-state index is 13.7. The minimum Gasteiger partial charge on any atom is -0.371 e. The minimum atomic E-state index is -0.650. The van der Waals surface area contributed by atoms with Gasteiger partial charge in [0.25, 0.3) is 0 Å². The van der Waals surface area contributed by atoms with E-state index in [-0.39, 0.29) is 24.0 Å². The lowest BCUT2D eigenvalue weighted by Crippen LogP contribution is -2.54. The summed E-state index contributed by atoms with van der Waals surface area (Å²) in [4.78, 5) is 27.5. The van der Waals surface area contributed by atoms with Crippen LogP contribution in [0.4, 0.5) is 0 Å². The van der Waals surface area contributed by atoms with E-state index in [0.717, 1.165) is 17.5 Å². The number of likely N-dealkylation sites (tertiary alicyclic amines) is 1. The van der Waals surface area contributed by atoms with Crippen LogP contribution in [0.3, 0.4) is 0 Å². The van der Waals surface area contributed by atoms with Gasteiger partial charge in [-0.1, -0.05) is 67.2 Å². The first-order valence-electron chi connectivity index (χ1n) is 10.6. The molecular formula is C25H28N2O3. The molecule has 2 atom stereocenters. The highest BCUT2D eigenvalue weighted by Crippen LogP contribution is 2.37. The molecule has 2 amide bonds. The van der Waals surface area contributed by atoms with E-state index in [4.69, 9.17) is 4.74 Å². The summed E-state index contributed by atoms with van der Waals surface area (Å²) in [7, 11) is 0. The fourth-order valence-corrected chi connectivity index (χ4v) is 4.66. The van der Waals surface area contributed by atoms with Crippen molar-refractivity contribution in [2.75, 3.05) is 19.7 Å². The summed E-state index contributed by atoms with van der Waals surface area (Å²) in [5.74, 6) is -0.0544. The molecule has 2 aromatic carbocycles. The predicted octanol–water partition coefficient (Wildman–Crippen LogP) is 3.38.